The SMILES string of the molecule is CCC(C)(C)c1ccc(OCCCNS(=O)(=O)c2ccc(N3N=C(C)C(N=Nc4ccccn4)C3=O)cc2)c(C(C)(C)CC)c1. The summed E-state index contributed by atoms with van der Waals surface area (Å²) in [6.45, 7) is 15.6. The molecule has 0 spiro atoms. The van der Waals surface area contributed by atoms with Gasteiger partial charge < -0.3 is 4.74 Å². The van der Waals surface area contributed by atoms with Crippen molar-refractivity contribution in [1.82, 2.24) is 9.71 Å². The van der Waals surface area contributed by atoms with Gasteiger partial charge in [-0.05, 0) is 85.0 Å². The summed E-state index contributed by atoms with van der Waals surface area (Å²) in [7, 11) is -3.77. The van der Waals surface area contributed by atoms with Crippen molar-refractivity contribution in [2.24, 2.45) is 15.3 Å². The molecule has 0 aliphatic carbocycles. The molecule has 45 heavy (non-hydrogen) atoms. The minimum Gasteiger partial charge on any atom is -0.493 e. The van der Waals surface area contributed by atoms with Crippen LogP contribution in [0.2, 0.25) is 0 Å². The second kappa shape index (κ2) is 14.0. The number of pyridine rings is 1. The Morgan fingerprint density at radius 1 is 0.978 bits per heavy atom. The van der Waals surface area contributed by atoms with E-state index in [2.05, 4.69) is 78.7 Å². The van der Waals surface area contributed by atoms with Crippen molar-refractivity contribution in [2.75, 3.05) is 18.2 Å². The van der Waals surface area contributed by atoms with Crippen molar-refractivity contribution >= 4 is 33.1 Å². The highest BCUT2D eigenvalue weighted by molar-refractivity contribution is 7.89. The van der Waals surface area contributed by atoms with Crippen LogP contribution >= 0.6 is 0 Å². The molecule has 0 saturated heterocycles. The molecular weight excluding hydrogens is 588 g/mol. The number of hydrogen-bond acceptors (Lipinski definition) is 8. The molecule has 1 unspecified atom stereocenters. The summed E-state index contributed by atoms with van der Waals surface area (Å²) in [4.78, 5) is 17.2. The Morgan fingerprint density at radius 3 is 2.33 bits per heavy atom. The molecule has 2 heterocycles. The van der Waals surface area contributed by atoms with Crippen molar-refractivity contribution in [3.05, 3.63) is 78.0 Å². The summed E-state index contributed by atoms with van der Waals surface area (Å²) < 4.78 is 34.8. The molecule has 1 amide bonds. The molecule has 11 heteroatoms. The third-order valence-electron chi connectivity index (χ3n) is 8.54. The van der Waals surface area contributed by atoms with E-state index in [1.165, 1.54) is 28.3 Å². The smallest absolute Gasteiger partial charge is 0.280 e. The van der Waals surface area contributed by atoms with E-state index in [0.29, 0.717) is 30.2 Å². The highest BCUT2D eigenvalue weighted by Crippen LogP contribution is 2.38. The van der Waals surface area contributed by atoms with Crippen LogP contribution in [0.25, 0.3) is 0 Å². The van der Waals surface area contributed by atoms with Crippen molar-refractivity contribution in [1.29, 1.82) is 0 Å². The van der Waals surface area contributed by atoms with Gasteiger partial charge in [-0.2, -0.15) is 15.2 Å². The lowest BCUT2D eigenvalue weighted by Gasteiger charge is -2.30. The number of sulfonamides is 1. The maximum Gasteiger partial charge on any atom is 0.280 e. The van der Waals surface area contributed by atoms with Crippen LogP contribution in [-0.4, -0.2) is 44.2 Å². The lowest BCUT2D eigenvalue weighted by molar-refractivity contribution is -0.117. The zero-order valence-corrected chi connectivity index (χ0v) is 28.1. The highest BCUT2D eigenvalue weighted by Gasteiger charge is 2.35. The van der Waals surface area contributed by atoms with Gasteiger partial charge in [0.15, 0.2) is 11.9 Å². The first-order chi connectivity index (χ1) is 21.3. The van der Waals surface area contributed by atoms with Gasteiger partial charge in [-0.3, -0.25) is 4.79 Å². The van der Waals surface area contributed by atoms with E-state index in [-0.39, 0.29) is 28.2 Å². The maximum absolute atomic E-state index is 13.0. The van der Waals surface area contributed by atoms with Gasteiger partial charge in [0.1, 0.15) is 5.75 Å². The minimum absolute atomic E-state index is 0.0583. The van der Waals surface area contributed by atoms with E-state index in [9.17, 15) is 13.2 Å². The van der Waals surface area contributed by atoms with Crippen LogP contribution in [0, 0.1) is 0 Å². The molecule has 3 aromatic rings. The largest absolute Gasteiger partial charge is 0.493 e. The van der Waals surface area contributed by atoms with Crippen molar-refractivity contribution in [3.8, 4) is 5.75 Å². The van der Waals surface area contributed by atoms with E-state index >= 15 is 0 Å². The summed E-state index contributed by atoms with van der Waals surface area (Å²) in [5.74, 6) is 0.849. The molecule has 0 saturated carbocycles. The van der Waals surface area contributed by atoms with E-state index < -0.39 is 16.1 Å². The van der Waals surface area contributed by atoms with Gasteiger partial charge in [-0.1, -0.05) is 59.7 Å². The third kappa shape index (κ3) is 8.01. The molecule has 1 aliphatic rings. The highest BCUT2D eigenvalue weighted by atomic mass is 32.2. The zero-order valence-electron chi connectivity index (χ0n) is 27.2. The van der Waals surface area contributed by atoms with Crippen LogP contribution in [0.1, 0.15) is 78.9 Å². The van der Waals surface area contributed by atoms with Crippen molar-refractivity contribution in [2.45, 2.75) is 89.5 Å². The minimum atomic E-state index is -3.77. The van der Waals surface area contributed by atoms with E-state index in [0.717, 1.165) is 18.6 Å². The number of carbonyl (C=O) groups is 1. The van der Waals surface area contributed by atoms with Gasteiger partial charge in [0.2, 0.25) is 10.0 Å². The number of rotatable bonds is 14. The topological polar surface area (TPSA) is 126 Å². The van der Waals surface area contributed by atoms with Gasteiger partial charge in [0.05, 0.1) is 22.9 Å². The Bertz CT molecular complexity index is 1650. The number of anilines is 1. The number of carbonyl (C=O) groups excluding carboxylic acids is 1. The third-order valence-corrected chi connectivity index (χ3v) is 10.0. The number of azo groups is 1. The summed E-state index contributed by atoms with van der Waals surface area (Å²) >= 11 is 0. The molecule has 10 nitrogen and oxygen atoms in total. The van der Waals surface area contributed by atoms with Gasteiger partial charge in [0.25, 0.3) is 5.91 Å². The standard InChI is InChI=1S/C34H44N6O4S/c1-8-33(4,5)25-14-19-29(28(23-25)34(6,7)9-2)44-22-12-21-36-45(42,43)27-17-15-26(16-18-27)40-32(41)31(24(3)39-40)38-37-30-13-10-11-20-35-30/h10-11,13-20,23,31,36H,8-9,12,21-22H2,1-7H3. The quantitative estimate of drug-likeness (QED) is 0.150. The van der Waals surface area contributed by atoms with Gasteiger partial charge in [-0.25, -0.2) is 18.1 Å². The summed E-state index contributed by atoms with van der Waals surface area (Å²) in [6.07, 6.45) is 4.09. The van der Waals surface area contributed by atoms with Crippen LogP contribution in [0.3, 0.4) is 0 Å². The molecular formula is C34H44N6O4S. The molecule has 1 atom stereocenters. The molecule has 4 rings (SSSR count). The lowest BCUT2D eigenvalue weighted by atomic mass is 9.76. The Balaban J connectivity index is 1.34. The van der Waals surface area contributed by atoms with E-state index in [1.54, 1.807) is 43.5 Å². The van der Waals surface area contributed by atoms with Gasteiger partial charge >= 0.3 is 0 Å². The predicted octanol–water partition coefficient (Wildman–Crippen LogP) is 7.08. The monoisotopic (exact) mass is 632 g/mol. The first-order valence-corrected chi connectivity index (χ1v) is 16.9. The van der Waals surface area contributed by atoms with Gasteiger partial charge in [-0.15, -0.1) is 5.11 Å². The molecule has 0 fully saturated rings. The second-order valence-corrected chi connectivity index (χ2v) is 14.2. The average molecular weight is 633 g/mol. The van der Waals surface area contributed by atoms with Crippen LogP contribution < -0.4 is 14.5 Å². The molecule has 1 aliphatic heterocycles. The Kier molecular flexibility index (Phi) is 10.5. The fraction of sp³-hybridized carbons (Fsp3) is 0.441. The van der Waals surface area contributed by atoms with Crippen LogP contribution in [0.5, 0.6) is 5.75 Å². The number of aromatic nitrogens is 1. The van der Waals surface area contributed by atoms with Gasteiger partial charge in [0, 0.05) is 18.3 Å². The Hall–Kier alpha value is -3.96. The number of nitrogens with zero attached hydrogens (tertiary/aromatic N) is 5. The molecule has 1 N–H and O–H groups in total. The van der Waals surface area contributed by atoms with Crippen molar-refractivity contribution in [3.63, 3.8) is 0 Å². The van der Waals surface area contributed by atoms with E-state index in [1.807, 2.05) is 6.07 Å². The molecule has 0 bridgehead atoms. The van der Waals surface area contributed by atoms with Crippen LogP contribution in [0.15, 0.2) is 87.1 Å². The first kappa shape index (κ1) is 33.9. The summed E-state index contributed by atoms with van der Waals surface area (Å²) in [5, 5.41) is 13.7. The zero-order chi connectivity index (χ0) is 32.8. The summed E-state index contributed by atoms with van der Waals surface area (Å²) in [6, 6.07) is 16.8. The Morgan fingerprint density at radius 2 is 1.69 bits per heavy atom. The average Bonchev–Trinajstić information content (AvgIpc) is 3.32. The van der Waals surface area contributed by atoms with Crippen LogP contribution in [0.4, 0.5) is 11.5 Å². The fourth-order valence-electron chi connectivity index (χ4n) is 4.71. The maximum atomic E-state index is 13.0. The van der Waals surface area contributed by atoms with E-state index in [4.69, 9.17) is 4.74 Å². The predicted molar refractivity (Wildman–Crippen MR) is 178 cm³/mol. The normalized spacial score (nSPS) is 16.0. The number of benzene rings is 2. The number of amides is 1. The second-order valence-electron chi connectivity index (χ2n) is 12.5. The lowest BCUT2D eigenvalue weighted by Crippen LogP contribution is -2.30. The number of ether oxygens (including phenoxy) is 1. The van der Waals surface area contributed by atoms with Crippen molar-refractivity contribution < 1.29 is 17.9 Å². The fourth-order valence-corrected chi connectivity index (χ4v) is 5.79. The molecule has 2 aromatic carbocycles. The molecule has 240 valence electrons. The number of nitrogens with one attached hydrogen (secondary N) is 1. The van der Waals surface area contributed by atoms with Crippen LogP contribution in [-0.2, 0) is 25.6 Å². The molecule has 1 aromatic heterocycles. The number of hydrogen-bond donors (Lipinski definition) is 1. The first-order valence-electron chi connectivity index (χ1n) is 15.4. The number of hydrazone groups is 1. The molecule has 0 radical (unpaired) electrons. The Labute approximate surface area is 267 Å². The summed E-state index contributed by atoms with van der Waals surface area (Å²) in [5.41, 5.74) is 3.38.